The molecule has 0 aromatic heterocycles. The first kappa shape index (κ1) is 20.6. The minimum Gasteiger partial charge on any atom is -0.493 e. The highest BCUT2D eigenvalue weighted by Crippen LogP contribution is 2.73. The van der Waals surface area contributed by atoms with Crippen molar-refractivity contribution in [2.45, 2.75) is 89.9 Å². The maximum Gasteiger partial charge on any atom is 0.165 e. The lowest BCUT2D eigenvalue weighted by molar-refractivity contribution is -0.226. The molecule has 1 aromatic carbocycles. The number of ether oxygens (including phenoxy) is 3. The van der Waals surface area contributed by atoms with Crippen molar-refractivity contribution in [3.63, 3.8) is 0 Å². The van der Waals surface area contributed by atoms with Gasteiger partial charge in [-0.2, -0.15) is 0 Å². The fourth-order valence-electron chi connectivity index (χ4n) is 7.82. The molecule has 1 unspecified atom stereocenters. The Bertz CT molecular complexity index is 869. The van der Waals surface area contributed by atoms with Gasteiger partial charge in [0.25, 0.3) is 0 Å². The lowest BCUT2D eigenvalue weighted by Gasteiger charge is -2.66. The molecule has 2 saturated carbocycles. The van der Waals surface area contributed by atoms with Crippen LogP contribution < -0.4 is 9.47 Å². The molecule has 0 saturated heterocycles. The van der Waals surface area contributed by atoms with Crippen LogP contribution in [0.5, 0.6) is 11.5 Å². The molecule has 0 amide bonds. The van der Waals surface area contributed by atoms with Gasteiger partial charge >= 0.3 is 0 Å². The predicted octanol–water partition coefficient (Wildman–Crippen LogP) is 4.89. The third-order valence-corrected chi connectivity index (χ3v) is 9.97. The van der Waals surface area contributed by atoms with Gasteiger partial charge in [0.1, 0.15) is 12.2 Å². The Balaban J connectivity index is 1.75. The molecule has 5 rings (SSSR count). The summed E-state index contributed by atoms with van der Waals surface area (Å²) < 4.78 is 18.8. The van der Waals surface area contributed by atoms with E-state index in [0.29, 0.717) is 5.92 Å². The fourth-order valence-corrected chi connectivity index (χ4v) is 7.82. The third kappa shape index (κ3) is 2.20. The minimum absolute atomic E-state index is 0.00748. The van der Waals surface area contributed by atoms with Crippen LogP contribution >= 0.6 is 0 Å². The van der Waals surface area contributed by atoms with Crippen molar-refractivity contribution in [1.82, 2.24) is 0 Å². The van der Waals surface area contributed by atoms with E-state index in [4.69, 9.17) is 14.2 Å². The van der Waals surface area contributed by atoms with Crippen LogP contribution in [0.25, 0.3) is 0 Å². The van der Waals surface area contributed by atoms with E-state index in [0.717, 1.165) is 30.8 Å². The highest BCUT2D eigenvalue weighted by Gasteiger charge is 2.73. The van der Waals surface area contributed by atoms with E-state index in [1.807, 2.05) is 6.92 Å². The van der Waals surface area contributed by atoms with Crippen molar-refractivity contribution in [2.24, 2.45) is 22.7 Å². The zero-order chi connectivity index (χ0) is 21.7. The van der Waals surface area contributed by atoms with Crippen molar-refractivity contribution in [3.05, 3.63) is 23.3 Å². The van der Waals surface area contributed by atoms with Crippen LogP contribution in [0, 0.1) is 22.7 Å². The summed E-state index contributed by atoms with van der Waals surface area (Å²) in [5.74, 6) is 2.39. The Labute approximate surface area is 181 Å². The summed E-state index contributed by atoms with van der Waals surface area (Å²) in [6.45, 7) is 10.9. The number of benzene rings is 1. The van der Waals surface area contributed by atoms with E-state index in [-0.39, 0.29) is 34.4 Å². The molecule has 1 N–H and O–H groups in total. The van der Waals surface area contributed by atoms with E-state index in [9.17, 15) is 5.11 Å². The van der Waals surface area contributed by atoms with Gasteiger partial charge in [-0.05, 0) is 61.0 Å². The Morgan fingerprint density at radius 1 is 1.17 bits per heavy atom. The summed E-state index contributed by atoms with van der Waals surface area (Å²) >= 11 is 0. The van der Waals surface area contributed by atoms with E-state index in [1.165, 1.54) is 24.0 Å². The molecular weight excluding hydrogens is 376 g/mol. The van der Waals surface area contributed by atoms with Crippen LogP contribution in [-0.4, -0.2) is 37.1 Å². The summed E-state index contributed by atoms with van der Waals surface area (Å²) in [5, 5.41) is 11.9. The fraction of sp³-hybridized carbons (Fsp3) is 0.769. The molecule has 1 heterocycles. The quantitative estimate of drug-likeness (QED) is 0.765. The molecule has 4 heteroatoms. The Morgan fingerprint density at radius 3 is 2.53 bits per heavy atom. The average Bonchev–Trinajstić information content (AvgIpc) is 3.00. The highest BCUT2D eigenvalue weighted by atomic mass is 16.6. The van der Waals surface area contributed by atoms with Crippen molar-refractivity contribution in [1.29, 1.82) is 0 Å². The number of hydrogen-bond donors (Lipinski definition) is 1. The molecule has 7 atom stereocenters. The van der Waals surface area contributed by atoms with E-state index >= 15 is 0 Å². The second-order valence-corrected chi connectivity index (χ2v) is 11.8. The van der Waals surface area contributed by atoms with Crippen molar-refractivity contribution >= 4 is 0 Å². The Morgan fingerprint density at radius 2 is 1.90 bits per heavy atom. The van der Waals surface area contributed by atoms with Gasteiger partial charge in [-0.15, -0.1) is 0 Å². The van der Waals surface area contributed by atoms with Crippen LogP contribution in [-0.2, 0) is 16.6 Å². The Hall–Kier alpha value is -1.26. The predicted molar refractivity (Wildman–Crippen MR) is 117 cm³/mol. The lowest BCUT2D eigenvalue weighted by Crippen LogP contribution is -2.71. The van der Waals surface area contributed by atoms with E-state index in [2.05, 4.69) is 39.8 Å². The van der Waals surface area contributed by atoms with Crippen LogP contribution in [0.3, 0.4) is 0 Å². The first-order valence-electron chi connectivity index (χ1n) is 11.6. The summed E-state index contributed by atoms with van der Waals surface area (Å²) in [6.07, 6.45) is 5.43. The third-order valence-electron chi connectivity index (χ3n) is 9.97. The molecule has 3 aliphatic carbocycles. The summed E-state index contributed by atoms with van der Waals surface area (Å²) in [7, 11) is 3.53. The molecular formula is C26H38O4. The molecule has 166 valence electrons. The van der Waals surface area contributed by atoms with Gasteiger partial charge in [0.15, 0.2) is 11.5 Å². The normalized spacial score (nSPS) is 40.9. The monoisotopic (exact) mass is 414 g/mol. The molecule has 1 aliphatic heterocycles. The number of methoxy groups -OCH3 is 2. The average molecular weight is 415 g/mol. The van der Waals surface area contributed by atoms with Crippen molar-refractivity contribution in [2.75, 3.05) is 14.2 Å². The van der Waals surface area contributed by atoms with Gasteiger partial charge in [-0.1, -0.05) is 40.2 Å². The first-order valence-corrected chi connectivity index (χ1v) is 11.6. The smallest absolute Gasteiger partial charge is 0.165 e. The van der Waals surface area contributed by atoms with Gasteiger partial charge in [0.2, 0.25) is 0 Å². The minimum atomic E-state index is -0.866. The first-order chi connectivity index (χ1) is 14.0. The Kier molecular flexibility index (Phi) is 4.24. The molecule has 2 bridgehead atoms. The van der Waals surface area contributed by atoms with E-state index < -0.39 is 5.60 Å². The second-order valence-electron chi connectivity index (χ2n) is 11.8. The zero-order valence-electron chi connectivity index (χ0n) is 19.7. The summed E-state index contributed by atoms with van der Waals surface area (Å²) in [6, 6.07) is 4.34. The number of hydrogen-bond acceptors (Lipinski definition) is 4. The van der Waals surface area contributed by atoms with Crippen molar-refractivity contribution < 1.29 is 19.3 Å². The molecule has 4 aliphatic rings. The standard InChI is InChI=1S/C26H38O4/c1-23(2,3)25(5,27)17-14-24(4)16-9-8-12-26(24)19-15(13-16)10-11-18(28-6)21(19)30-22(26)20(17)29-7/h10-11,16-17,20,22,27H,8-9,12-14H2,1-7H3/t16-,17+,20?,22+,24-,25+,26+/m1/s1. The van der Waals surface area contributed by atoms with Gasteiger partial charge < -0.3 is 19.3 Å². The number of rotatable bonds is 3. The van der Waals surface area contributed by atoms with Crippen LogP contribution in [0.15, 0.2) is 12.1 Å². The molecule has 4 nitrogen and oxygen atoms in total. The topological polar surface area (TPSA) is 47.9 Å². The molecule has 1 aromatic rings. The van der Waals surface area contributed by atoms with Gasteiger partial charge in [-0.25, -0.2) is 0 Å². The maximum atomic E-state index is 11.9. The van der Waals surface area contributed by atoms with Gasteiger partial charge in [0, 0.05) is 24.0 Å². The molecule has 30 heavy (non-hydrogen) atoms. The lowest BCUT2D eigenvalue weighted by atomic mass is 9.38. The van der Waals surface area contributed by atoms with Crippen LogP contribution in [0.1, 0.15) is 71.4 Å². The molecule has 2 fully saturated rings. The van der Waals surface area contributed by atoms with Gasteiger partial charge in [-0.3, -0.25) is 0 Å². The van der Waals surface area contributed by atoms with E-state index in [1.54, 1.807) is 14.2 Å². The molecule has 0 radical (unpaired) electrons. The second kappa shape index (κ2) is 6.16. The van der Waals surface area contributed by atoms with Gasteiger partial charge in [0.05, 0.1) is 12.7 Å². The van der Waals surface area contributed by atoms with Crippen LogP contribution in [0.4, 0.5) is 0 Å². The zero-order valence-corrected chi connectivity index (χ0v) is 19.7. The number of aliphatic hydroxyl groups is 1. The van der Waals surface area contributed by atoms with Crippen LogP contribution in [0.2, 0.25) is 0 Å². The SMILES string of the molecule is COc1ccc2c3c1O[C@H]1C(OC)[C@@H]([C@](C)(O)C(C)(C)C)C[C@]4(C)[C@H](CCC[C@]314)C2. The largest absolute Gasteiger partial charge is 0.493 e. The highest BCUT2D eigenvalue weighted by molar-refractivity contribution is 5.62. The van der Waals surface area contributed by atoms with Crippen molar-refractivity contribution in [3.8, 4) is 11.5 Å². The summed E-state index contributed by atoms with van der Waals surface area (Å²) in [5.41, 5.74) is 1.73. The molecule has 1 spiro atoms. The summed E-state index contributed by atoms with van der Waals surface area (Å²) in [4.78, 5) is 0. The maximum absolute atomic E-state index is 11.9.